The zero-order valence-corrected chi connectivity index (χ0v) is 18.1. The van der Waals surface area contributed by atoms with Gasteiger partial charge in [0.05, 0.1) is 17.4 Å². The van der Waals surface area contributed by atoms with E-state index in [2.05, 4.69) is 69.1 Å². The molecule has 0 bridgehead atoms. The van der Waals surface area contributed by atoms with E-state index in [-0.39, 0.29) is 0 Å². The van der Waals surface area contributed by atoms with Crippen LogP contribution in [0.4, 0.5) is 5.82 Å². The minimum atomic E-state index is 0.323. The van der Waals surface area contributed by atoms with E-state index in [0.717, 1.165) is 43.8 Å². The van der Waals surface area contributed by atoms with Gasteiger partial charge >= 0.3 is 0 Å². The van der Waals surface area contributed by atoms with E-state index in [9.17, 15) is 0 Å². The van der Waals surface area contributed by atoms with Crippen LogP contribution in [0.2, 0.25) is 0 Å². The minimum absolute atomic E-state index is 0.323. The summed E-state index contributed by atoms with van der Waals surface area (Å²) in [6, 6.07) is 11.7. The number of fused-ring (bicyclic) bond motifs is 2. The lowest BCUT2D eigenvalue weighted by Gasteiger charge is -2.36. The summed E-state index contributed by atoms with van der Waals surface area (Å²) in [6.45, 7) is 2.96. The highest BCUT2D eigenvalue weighted by Gasteiger charge is 2.23. The Hall–Kier alpha value is -2.44. The van der Waals surface area contributed by atoms with Gasteiger partial charge in [-0.2, -0.15) is 0 Å². The van der Waals surface area contributed by atoms with Gasteiger partial charge in [0.15, 0.2) is 0 Å². The van der Waals surface area contributed by atoms with Crippen molar-refractivity contribution in [1.82, 2.24) is 24.6 Å². The Morgan fingerprint density at radius 3 is 2.80 bits per heavy atom. The highest BCUT2D eigenvalue weighted by atomic mass is 15.2. The molecular formula is C24H32N6. The largest absolute Gasteiger partial charge is 0.358 e. The Morgan fingerprint density at radius 1 is 1.10 bits per heavy atom. The third kappa shape index (κ3) is 3.82. The van der Waals surface area contributed by atoms with Crippen LogP contribution in [0.25, 0.3) is 5.65 Å². The standard InChI is InChI=1S/C24H32N6/c1-28(2)20-11-14-29(15-12-20)23-10-4-9-22-27-19(17-30(22)23)16-26-21-8-3-6-18-7-5-13-25-24(18)21/h4-5,7,9-10,13,17,20-21,26H,3,6,8,11-12,14-16H2,1-2H3/t21-/m0/s1. The Morgan fingerprint density at radius 2 is 1.97 bits per heavy atom. The number of hydrogen-bond donors (Lipinski definition) is 1. The van der Waals surface area contributed by atoms with Crippen LogP contribution >= 0.6 is 0 Å². The van der Waals surface area contributed by atoms with Crippen molar-refractivity contribution in [2.24, 2.45) is 0 Å². The first-order valence-corrected chi connectivity index (χ1v) is 11.2. The summed E-state index contributed by atoms with van der Waals surface area (Å²) in [5.74, 6) is 1.26. The highest BCUT2D eigenvalue weighted by molar-refractivity contribution is 5.52. The Bertz CT molecular complexity index is 1000. The highest BCUT2D eigenvalue weighted by Crippen LogP contribution is 2.28. The predicted molar refractivity (Wildman–Crippen MR) is 121 cm³/mol. The van der Waals surface area contributed by atoms with Gasteiger partial charge in [-0.15, -0.1) is 0 Å². The van der Waals surface area contributed by atoms with Crippen LogP contribution in [0, 0.1) is 0 Å². The molecule has 1 atom stereocenters. The second-order valence-electron chi connectivity index (χ2n) is 8.90. The molecule has 0 unspecified atom stereocenters. The molecule has 1 saturated heterocycles. The fourth-order valence-corrected chi connectivity index (χ4v) is 5.04. The van der Waals surface area contributed by atoms with Gasteiger partial charge < -0.3 is 15.1 Å². The number of aryl methyl sites for hydroxylation is 1. The lowest BCUT2D eigenvalue weighted by Crippen LogP contribution is -2.42. The molecule has 1 N–H and O–H groups in total. The van der Waals surface area contributed by atoms with Gasteiger partial charge in [0, 0.05) is 38.1 Å². The molecule has 0 saturated carbocycles. The second kappa shape index (κ2) is 8.36. The molecule has 1 aliphatic heterocycles. The number of rotatable bonds is 5. The average Bonchev–Trinajstić information content (AvgIpc) is 3.21. The monoisotopic (exact) mass is 404 g/mol. The lowest BCUT2D eigenvalue weighted by atomic mass is 9.92. The smallest absolute Gasteiger partial charge is 0.138 e. The number of nitrogens with zero attached hydrogens (tertiary/aromatic N) is 5. The van der Waals surface area contributed by atoms with E-state index in [0.29, 0.717) is 12.1 Å². The van der Waals surface area contributed by atoms with Crippen LogP contribution < -0.4 is 10.2 Å². The molecule has 158 valence electrons. The lowest BCUT2D eigenvalue weighted by molar-refractivity contribution is 0.249. The van der Waals surface area contributed by atoms with Crippen molar-refractivity contribution in [3.63, 3.8) is 0 Å². The van der Waals surface area contributed by atoms with Crippen molar-refractivity contribution in [1.29, 1.82) is 0 Å². The SMILES string of the molecule is CN(C)C1CCN(c2cccc3nc(CN[C@H]4CCCc5cccnc54)cn23)CC1. The van der Waals surface area contributed by atoms with Crippen molar-refractivity contribution in [2.45, 2.75) is 50.7 Å². The molecule has 5 rings (SSSR count). The molecule has 1 fully saturated rings. The molecule has 3 aromatic heterocycles. The summed E-state index contributed by atoms with van der Waals surface area (Å²) in [6.07, 6.45) is 10.0. The van der Waals surface area contributed by atoms with Crippen LogP contribution in [-0.2, 0) is 13.0 Å². The number of hydrogen-bond acceptors (Lipinski definition) is 5. The van der Waals surface area contributed by atoms with Crippen molar-refractivity contribution < 1.29 is 0 Å². The van der Waals surface area contributed by atoms with Gasteiger partial charge in [-0.25, -0.2) is 4.98 Å². The zero-order valence-electron chi connectivity index (χ0n) is 18.1. The van der Waals surface area contributed by atoms with Gasteiger partial charge in [0.1, 0.15) is 11.5 Å². The first kappa shape index (κ1) is 19.5. The van der Waals surface area contributed by atoms with E-state index in [1.54, 1.807) is 0 Å². The molecule has 30 heavy (non-hydrogen) atoms. The van der Waals surface area contributed by atoms with Crippen molar-refractivity contribution >= 4 is 11.5 Å². The number of aromatic nitrogens is 3. The van der Waals surface area contributed by atoms with Crippen LogP contribution in [0.15, 0.2) is 42.7 Å². The first-order valence-electron chi connectivity index (χ1n) is 11.2. The molecule has 1 aliphatic carbocycles. The summed E-state index contributed by atoms with van der Waals surface area (Å²) in [5.41, 5.74) is 4.73. The van der Waals surface area contributed by atoms with Crippen LogP contribution in [-0.4, -0.2) is 52.5 Å². The maximum Gasteiger partial charge on any atom is 0.138 e. The van der Waals surface area contributed by atoms with Crippen molar-refractivity contribution in [3.05, 3.63) is 59.7 Å². The molecule has 3 aromatic rings. The maximum atomic E-state index is 4.90. The Kier molecular flexibility index (Phi) is 5.44. The normalized spacial score (nSPS) is 20.1. The topological polar surface area (TPSA) is 48.7 Å². The van der Waals surface area contributed by atoms with Crippen LogP contribution in [0.1, 0.15) is 48.7 Å². The summed E-state index contributed by atoms with van der Waals surface area (Å²) in [5, 5.41) is 3.71. The van der Waals surface area contributed by atoms with E-state index >= 15 is 0 Å². The second-order valence-corrected chi connectivity index (χ2v) is 8.90. The molecule has 0 spiro atoms. The Balaban J connectivity index is 1.31. The van der Waals surface area contributed by atoms with Gasteiger partial charge in [0.2, 0.25) is 0 Å². The first-order chi connectivity index (χ1) is 14.7. The van der Waals surface area contributed by atoms with Crippen molar-refractivity contribution in [3.8, 4) is 0 Å². The molecule has 4 heterocycles. The minimum Gasteiger partial charge on any atom is -0.358 e. The molecule has 0 radical (unpaired) electrons. The van der Waals surface area contributed by atoms with Gasteiger partial charge in [-0.05, 0) is 70.0 Å². The summed E-state index contributed by atoms with van der Waals surface area (Å²) in [4.78, 5) is 14.4. The van der Waals surface area contributed by atoms with Crippen LogP contribution in [0.5, 0.6) is 0 Å². The zero-order chi connectivity index (χ0) is 20.5. The third-order valence-corrected chi connectivity index (χ3v) is 6.76. The number of imidazole rings is 1. The number of anilines is 1. The molecular weight excluding hydrogens is 372 g/mol. The van der Waals surface area contributed by atoms with Crippen molar-refractivity contribution in [2.75, 3.05) is 32.1 Å². The maximum absolute atomic E-state index is 4.90. The molecule has 0 aromatic carbocycles. The molecule has 6 heteroatoms. The Labute approximate surface area is 178 Å². The summed E-state index contributed by atoms with van der Waals surface area (Å²) >= 11 is 0. The van der Waals surface area contributed by atoms with E-state index in [1.165, 1.54) is 36.3 Å². The van der Waals surface area contributed by atoms with Gasteiger partial charge in [0.25, 0.3) is 0 Å². The van der Waals surface area contributed by atoms with Crippen LogP contribution in [0.3, 0.4) is 0 Å². The predicted octanol–water partition coefficient (Wildman–Crippen LogP) is 3.43. The number of piperidine rings is 1. The fourth-order valence-electron chi connectivity index (χ4n) is 5.04. The number of nitrogens with one attached hydrogen (secondary N) is 1. The number of pyridine rings is 2. The molecule has 6 nitrogen and oxygen atoms in total. The summed E-state index contributed by atoms with van der Waals surface area (Å²) < 4.78 is 2.26. The fraction of sp³-hybridized carbons (Fsp3) is 0.500. The summed E-state index contributed by atoms with van der Waals surface area (Å²) in [7, 11) is 4.38. The molecule has 2 aliphatic rings. The van der Waals surface area contributed by atoms with Gasteiger partial charge in [-0.1, -0.05) is 12.1 Å². The van der Waals surface area contributed by atoms with E-state index < -0.39 is 0 Å². The van der Waals surface area contributed by atoms with Gasteiger partial charge in [-0.3, -0.25) is 9.38 Å². The van der Waals surface area contributed by atoms with E-state index in [1.807, 2.05) is 12.3 Å². The quantitative estimate of drug-likeness (QED) is 0.706. The average molecular weight is 405 g/mol. The van der Waals surface area contributed by atoms with E-state index in [4.69, 9.17) is 4.98 Å². The third-order valence-electron chi connectivity index (χ3n) is 6.76. The molecule has 0 amide bonds.